The predicted octanol–water partition coefficient (Wildman–Crippen LogP) is 4.97. The monoisotopic (exact) mass is 447 g/mol. The molecule has 1 atom stereocenters. The Hall–Kier alpha value is -3.55. The lowest BCUT2D eigenvalue weighted by Crippen LogP contribution is -2.29. The number of benzene rings is 2. The maximum absolute atomic E-state index is 13.1. The van der Waals surface area contributed by atoms with Crippen molar-refractivity contribution in [2.24, 2.45) is 0 Å². The number of aromatic nitrogens is 2. The number of fused-ring (bicyclic) bond motifs is 1. The van der Waals surface area contributed by atoms with Crippen molar-refractivity contribution in [2.75, 3.05) is 4.90 Å². The molecule has 5 rings (SSSR count). The second-order valence-corrected chi connectivity index (χ2v) is 8.37. The summed E-state index contributed by atoms with van der Waals surface area (Å²) in [7, 11) is 0. The lowest BCUT2D eigenvalue weighted by molar-refractivity contribution is -0.132. The summed E-state index contributed by atoms with van der Waals surface area (Å²) in [5, 5.41) is 11.9. The molecule has 3 heterocycles. The van der Waals surface area contributed by atoms with Gasteiger partial charge in [-0.3, -0.25) is 19.5 Å². The van der Waals surface area contributed by atoms with Crippen LogP contribution in [0.15, 0.2) is 78.6 Å². The molecule has 4 aromatic rings. The van der Waals surface area contributed by atoms with Gasteiger partial charge in [-0.05, 0) is 48.0 Å². The minimum atomic E-state index is -0.857. The third-order valence-electron chi connectivity index (χ3n) is 5.05. The van der Waals surface area contributed by atoms with Gasteiger partial charge in [0.1, 0.15) is 5.76 Å². The van der Waals surface area contributed by atoms with E-state index >= 15 is 0 Å². The number of amides is 1. The molecule has 8 heteroatoms. The third kappa shape index (κ3) is 3.28. The summed E-state index contributed by atoms with van der Waals surface area (Å²) < 4.78 is 0.891. The smallest absolute Gasteiger partial charge is 0.301 e. The summed E-state index contributed by atoms with van der Waals surface area (Å²) in [4.78, 5) is 36.3. The number of rotatable bonds is 3. The number of aliphatic hydroxyl groups is 1. The van der Waals surface area contributed by atoms with Crippen molar-refractivity contribution in [2.45, 2.75) is 6.04 Å². The van der Waals surface area contributed by atoms with Crippen LogP contribution < -0.4 is 4.90 Å². The molecule has 31 heavy (non-hydrogen) atoms. The van der Waals surface area contributed by atoms with E-state index in [0.717, 1.165) is 10.2 Å². The van der Waals surface area contributed by atoms with Crippen LogP contribution in [0.3, 0.4) is 0 Å². The number of anilines is 1. The summed E-state index contributed by atoms with van der Waals surface area (Å²) in [6.07, 6.45) is 3.18. The molecule has 1 amide bonds. The fraction of sp³-hybridized carbons (Fsp3) is 0.0435. The molecule has 1 saturated heterocycles. The molecule has 1 fully saturated rings. The van der Waals surface area contributed by atoms with E-state index in [1.165, 1.54) is 16.2 Å². The van der Waals surface area contributed by atoms with Crippen molar-refractivity contribution >= 4 is 55.7 Å². The number of carbonyl (C=O) groups is 2. The van der Waals surface area contributed by atoms with E-state index in [-0.39, 0.29) is 11.3 Å². The SMILES string of the molecule is O=C1C(=O)N(c2nc3ccccc3s2)C(c2cccnc2)/C1=C(\O)c1ccc(Cl)cc1. The molecule has 1 aliphatic rings. The summed E-state index contributed by atoms with van der Waals surface area (Å²) in [5.41, 5.74) is 1.70. The van der Waals surface area contributed by atoms with Gasteiger partial charge >= 0.3 is 5.91 Å². The first-order chi connectivity index (χ1) is 15.0. The minimum Gasteiger partial charge on any atom is -0.507 e. The summed E-state index contributed by atoms with van der Waals surface area (Å²) >= 11 is 7.26. The molecule has 0 saturated carbocycles. The van der Waals surface area contributed by atoms with Crippen molar-refractivity contribution in [3.8, 4) is 0 Å². The molecule has 2 aromatic heterocycles. The zero-order valence-electron chi connectivity index (χ0n) is 15.9. The van der Waals surface area contributed by atoms with E-state index in [9.17, 15) is 14.7 Å². The van der Waals surface area contributed by atoms with Crippen LogP contribution in [0.25, 0.3) is 16.0 Å². The number of carbonyl (C=O) groups excluding carboxylic acids is 2. The lowest BCUT2D eigenvalue weighted by Gasteiger charge is -2.22. The van der Waals surface area contributed by atoms with Crippen LogP contribution in [0.5, 0.6) is 0 Å². The number of para-hydroxylation sites is 1. The lowest BCUT2D eigenvalue weighted by atomic mass is 9.96. The van der Waals surface area contributed by atoms with Crippen LogP contribution in [0.1, 0.15) is 17.2 Å². The number of pyridine rings is 1. The zero-order chi connectivity index (χ0) is 21.5. The van der Waals surface area contributed by atoms with Crippen molar-refractivity contribution in [3.63, 3.8) is 0 Å². The molecule has 1 aliphatic heterocycles. The van der Waals surface area contributed by atoms with E-state index in [0.29, 0.717) is 21.3 Å². The number of halogens is 1. The standard InChI is InChI=1S/C23H14ClN3O3S/c24-15-9-7-13(8-10-15)20(28)18-19(14-4-3-11-25-12-14)27(22(30)21(18)29)23-26-16-5-1-2-6-17(16)31-23/h1-12,19,28H/b20-18+. The molecule has 2 aromatic carbocycles. The van der Waals surface area contributed by atoms with Gasteiger partial charge in [0.15, 0.2) is 5.13 Å². The number of nitrogens with zero attached hydrogens (tertiary/aromatic N) is 3. The van der Waals surface area contributed by atoms with Crippen molar-refractivity contribution < 1.29 is 14.7 Å². The second kappa shape index (κ2) is 7.61. The number of hydrogen-bond acceptors (Lipinski definition) is 6. The van der Waals surface area contributed by atoms with Gasteiger partial charge in [-0.2, -0.15) is 0 Å². The number of Topliss-reactive ketones (excluding diaryl/α,β-unsaturated/α-hetero) is 1. The van der Waals surface area contributed by atoms with Gasteiger partial charge in [-0.15, -0.1) is 0 Å². The first kappa shape index (κ1) is 19.4. The van der Waals surface area contributed by atoms with E-state index in [2.05, 4.69) is 9.97 Å². The molecule has 0 radical (unpaired) electrons. The Balaban J connectivity index is 1.73. The highest BCUT2D eigenvalue weighted by atomic mass is 35.5. The van der Waals surface area contributed by atoms with Gasteiger partial charge in [0.05, 0.1) is 21.8 Å². The average Bonchev–Trinajstić information content (AvgIpc) is 3.33. The van der Waals surface area contributed by atoms with Crippen LogP contribution >= 0.6 is 22.9 Å². The molecule has 0 spiro atoms. The van der Waals surface area contributed by atoms with Crippen molar-refractivity contribution in [1.82, 2.24) is 9.97 Å². The van der Waals surface area contributed by atoms with Crippen molar-refractivity contribution in [3.05, 3.63) is 94.8 Å². The van der Waals surface area contributed by atoms with Crippen LogP contribution in [0.4, 0.5) is 5.13 Å². The van der Waals surface area contributed by atoms with Gasteiger partial charge < -0.3 is 5.11 Å². The Morgan fingerprint density at radius 3 is 2.52 bits per heavy atom. The Kier molecular flexibility index (Phi) is 4.77. The average molecular weight is 448 g/mol. The molecule has 1 unspecified atom stereocenters. The van der Waals surface area contributed by atoms with E-state index in [1.54, 1.807) is 48.8 Å². The summed E-state index contributed by atoms with van der Waals surface area (Å²) in [6, 6.07) is 16.5. The second-order valence-electron chi connectivity index (χ2n) is 6.93. The molecular formula is C23H14ClN3O3S. The number of thiazole rings is 1. The molecule has 1 N–H and O–H groups in total. The van der Waals surface area contributed by atoms with Gasteiger partial charge in [0.25, 0.3) is 5.78 Å². The Bertz CT molecular complexity index is 1320. The van der Waals surface area contributed by atoms with Crippen LogP contribution in [0.2, 0.25) is 5.02 Å². The van der Waals surface area contributed by atoms with Gasteiger partial charge in [0.2, 0.25) is 0 Å². The van der Waals surface area contributed by atoms with Crippen LogP contribution in [0, 0.1) is 0 Å². The maximum Gasteiger partial charge on any atom is 0.301 e. The molecule has 6 nitrogen and oxygen atoms in total. The van der Waals surface area contributed by atoms with Crippen molar-refractivity contribution in [1.29, 1.82) is 0 Å². The predicted molar refractivity (Wildman–Crippen MR) is 120 cm³/mol. The topological polar surface area (TPSA) is 83.4 Å². The van der Waals surface area contributed by atoms with Gasteiger partial charge in [-0.1, -0.05) is 41.1 Å². The quantitative estimate of drug-likeness (QED) is 0.272. The van der Waals surface area contributed by atoms with Crippen LogP contribution in [-0.4, -0.2) is 26.8 Å². The molecular weight excluding hydrogens is 434 g/mol. The third-order valence-corrected chi connectivity index (χ3v) is 6.34. The number of ketones is 1. The molecule has 0 bridgehead atoms. The highest BCUT2D eigenvalue weighted by Crippen LogP contribution is 2.44. The fourth-order valence-electron chi connectivity index (χ4n) is 3.61. The van der Waals surface area contributed by atoms with Gasteiger partial charge in [-0.25, -0.2) is 4.98 Å². The molecule has 152 valence electrons. The molecule has 0 aliphatic carbocycles. The number of aliphatic hydroxyl groups excluding tert-OH is 1. The van der Waals surface area contributed by atoms with E-state index < -0.39 is 17.7 Å². The Morgan fingerprint density at radius 1 is 1.03 bits per heavy atom. The Labute approximate surface area is 186 Å². The highest BCUT2D eigenvalue weighted by molar-refractivity contribution is 7.22. The first-order valence-corrected chi connectivity index (χ1v) is 10.6. The zero-order valence-corrected chi connectivity index (χ0v) is 17.5. The van der Waals surface area contributed by atoms with E-state index in [1.807, 2.05) is 24.3 Å². The summed E-state index contributed by atoms with van der Waals surface area (Å²) in [6.45, 7) is 0. The largest absolute Gasteiger partial charge is 0.507 e. The number of hydrogen-bond donors (Lipinski definition) is 1. The van der Waals surface area contributed by atoms with Gasteiger partial charge in [0, 0.05) is 23.0 Å². The minimum absolute atomic E-state index is 0.0143. The fourth-order valence-corrected chi connectivity index (χ4v) is 4.73. The maximum atomic E-state index is 13.1. The van der Waals surface area contributed by atoms with Crippen LogP contribution in [-0.2, 0) is 9.59 Å². The normalized spacial score (nSPS) is 18.1. The van der Waals surface area contributed by atoms with E-state index in [4.69, 9.17) is 11.6 Å². The summed E-state index contributed by atoms with van der Waals surface area (Å²) in [5.74, 6) is -1.79. The Morgan fingerprint density at radius 2 is 1.81 bits per heavy atom. The first-order valence-electron chi connectivity index (χ1n) is 9.37. The highest BCUT2D eigenvalue weighted by Gasteiger charge is 2.48.